The second-order valence-electron chi connectivity index (χ2n) is 4.43. The molecule has 0 aliphatic carbocycles. The maximum absolute atomic E-state index is 13.6. The summed E-state index contributed by atoms with van der Waals surface area (Å²) < 4.78 is 39.8. The van der Waals surface area contributed by atoms with E-state index in [-0.39, 0.29) is 17.5 Å². The molecule has 6 heteroatoms. The number of rotatable bonds is 3. The third-order valence-corrected chi connectivity index (χ3v) is 5.25. The lowest BCUT2D eigenvalue weighted by atomic mass is 10.1. The Bertz CT molecular complexity index is 519. The van der Waals surface area contributed by atoms with E-state index >= 15 is 0 Å². The van der Waals surface area contributed by atoms with Crippen molar-refractivity contribution in [1.82, 2.24) is 4.31 Å². The molecule has 2 rings (SSSR count). The third-order valence-electron chi connectivity index (χ3n) is 3.27. The molecule has 2 N–H and O–H groups in total. The minimum atomic E-state index is -3.78. The minimum Gasteiger partial charge on any atom is -0.329 e. The van der Waals surface area contributed by atoms with Gasteiger partial charge in [-0.2, -0.15) is 4.31 Å². The van der Waals surface area contributed by atoms with Crippen molar-refractivity contribution < 1.29 is 12.8 Å². The van der Waals surface area contributed by atoms with Crippen LogP contribution < -0.4 is 5.73 Å². The van der Waals surface area contributed by atoms with E-state index in [1.54, 1.807) is 0 Å². The highest BCUT2D eigenvalue weighted by Crippen LogP contribution is 2.26. The van der Waals surface area contributed by atoms with Crippen molar-refractivity contribution in [1.29, 1.82) is 0 Å². The molecule has 1 aliphatic heterocycles. The molecule has 0 saturated carbocycles. The van der Waals surface area contributed by atoms with Crippen molar-refractivity contribution in [2.75, 3.05) is 13.1 Å². The molecule has 1 unspecified atom stereocenters. The van der Waals surface area contributed by atoms with Gasteiger partial charge in [0.1, 0.15) is 10.7 Å². The van der Waals surface area contributed by atoms with Crippen molar-refractivity contribution in [2.45, 2.75) is 30.2 Å². The molecule has 100 valence electrons. The number of hydrogen-bond acceptors (Lipinski definition) is 3. The van der Waals surface area contributed by atoms with Crippen LogP contribution >= 0.6 is 0 Å². The van der Waals surface area contributed by atoms with Gasteiger partial charge < -0.3 is 5.73 Å². The van der Waals surface area contributed by atoms with Crippen LogP contribution in [-0.4, -0.2) is 31.9 Å². The molecule has 1 saturated heterocycles. The average molecular weight is 272 g/mol. The molecule has 1 heterocycles. The Morgan fingerprint density at radius 1 is 1.33 bits per heavy atom. The van der Waals surface area contributed by atoms with Gasteiger partial charge in [0.15, 0.2) is 0 Å². The highest BCUT2D eigenvalue weighted by Gasteiger charge is 2.34. The first-order chi connectivity index (χ1) is 8.57. The molecule has 1 atom stereocenters. The molecule has 1 fully saturated rings. The molecule has 0 aromatic heterocycles. The van der Waals surface area contributed by atoms with E-state index < -0.39 is 15.8 Å². The molecular weight excluding hydrogens is 255 g/mol. The zero-order valence-corrected chi connectivity index (χ0v) is 10.9. The zero-order valence-electron chi connectivity index (χ0n) is 10.0. The lowest BCUT2D eigenvalue weighted by Gasteiger charge is -2.33. The predicted octanol–water partition coefficient (Wildman–Crippen LogP) is 1.33. The van der Waals surface area contributed by atoms with Gasteiger partial charge in [-0.25, -0.2) is 12.8 Å². The molecule has 18 heavy (non-hydrogen) atoms. The van der Waals surface area contributed by atoms with Gasteiger partial charge in [-0.05, 0) is 25.0 Å². The van der Waals surface area contributed by atoms with Crippen LogP contribution in [0.3, 0.4) is 0 Å². The molecule has 0 spiro atoms. The van der Waals surface area contributed by atoms with E-state index in [1.807, 2.05) is 0 Å². The van der Waals surface area contributed by atoms with E-state index in [1.165, 1.54) is 22.5 Å². The van der Waals surface area contributed by atoms with Crippen molar-refractivity contribution in [2.24, 2.45) is 5.73 Å². The highest BCUT2D eigenvalue weighted by atomic mass is 32.2. The van der Waals surface area contributed by atoms with Gasteiger partial charge in [0.25, 0.3) is 0 Å². The van der Waals surface area contributed by atoms with E-state index in [9.17, 15) is 12.8 Å². The Morgan fingerprint density at radius 3 is 2.72 bits per heavy atom. The number of piperidine rings is 1. The second-order valence-corrected chi connectivity index (χ2v) is 6.29. The maximum Gasteiger partial charge on any atom is 0.246 e. The van der Waals surface area contributed by atoms with Crippen molar-refractivity contribution in [3.05, 3.63) is 30.1 Å². The molecule has 1 aliphatic rings. The van der Waals surface area contributed by atoms with Gasteiger partial charge in [-0.15, -0.1) is 0 Å². The number of halogens is 1. The molecule has 0 bridgehead atoms. The van der Waals surface area contributed by atoms with Crippen LogP contribution in [0.5, 0.6) is 0 Å². The van der Waals surface area contributed by atoms with Crippen LogP contribution in [0.15, 0.2) is 29.2 Å². The molecule has 0 radical (unpaired) electrons. The first kappa shape index (κ1) is 13.5. The van der Waals surface area contributed by atoms with E-state index in [0.29, 0.717) is 6.54 Å². The Hall–Kier alpha value is -0.980. The standard InChI is InChI=1S/C12H17FN2O2S/c13-11-6-1-2-7-12(11)18(16,17)15-8-4-3-5-10(15)9-14/h1-2,6-7,10H,3-5,8-9,14H2. The highest BCUT2D eigenvalue weighted by molar-refractivity contribution is 7.89. The molecule has 1 aromatic carbocycles. The Morgan fingerprint density at radius 2 is 2.06 bits per heavy atom. The largest absolute Gasteiger partial charge is 0.329 e. The van der Waals surface area contributed by atoms with Gasteiger partial charge in [0, 0.05) is 19.1 Å². The van der Waals surface area contributed by atoms with Crippen molar-refractivity contribution in [3.63, 3.8) is 0 Å². The molecule has 4 nitrogen and oxygen atoms in total. The summed E-state index contributed by atoms with van der Waals surface area (Å²) in [5, 5.41) is 0. The van der Waals surface area contributed by atoms with Crippen molar-refractivity contribution in [3.8, 4) is 0 Å². The Labute approximate surface area is 107 Å². The number of sulfonamides is 1. The van der Waals surface area contributed by atoms with Crippen LogP contribution in [0.1, 0.15) is 19.3 Å². The number of hydrogen-bond donors (Lipinski definition) is 1. The van der Waals surface area contributed by atoms with Crippen LogP contribution in [0.4, 0.5) is 4.39 Å². The first-order valence-electron chi connectivity index (χ1n) is 6.04. The lowest BCUT2D eigenvalue weighted by Crippen LogP contribution is -2.47. The van der Waals surface area contributed by atoms with Crippen molar-refractivity contribution >= 4 is 10.0 Å². The summed E-state index contributed by atoms with van der Waals surface area (Å²) in [5.41, 5.74) is 5.61. The topological polar surface area (TPSA) is 63.4 Å². The number of benzene rings is 1. The minimum absolute atomic E-state index is 0.219. The quantitative estimate of drug-likeness (QED) is 0.903. The fourth-order valence-corrected chi connectivity index (χ4v) is 4.08. The lowest BCUT2D eigenvalue weighted by molar-refractivity contribution is 0.257. The molecule has 0 amide bonds. The van der Waals surface area contributed by atoms with E-state index in [2.05, 4.69) is 0 Å². The summed E-state index contributed by atoms with van der Waals surface area (Å²) in [7, 11) is -3.78. The number of nitrogens with two attached hydrogens (primary N) is 1. The van der Waals surface area contributed by atoms with Crippen LogP contribution in [0, 0.1) is 5.82 Å². The fraction of sp³-hybridized carbons (Fsp3) is 0.500. The van der Waals surface area contributed by atoms with Gasteiger partial charge >= 0.3 is 0 Å². The molecule has 1 aromatic rings. The maximum atomic E-state index is 13.6. The second kappa shape index (κ2) is 5.34. The first-order valence-corrected chi connectivity index (χ1v) is 7.48. The monoisotopic (exact) mass is 272 g/mol. The van der Waals surface area contributed by atoms with Gasteiger partial charge in [-0.3, -0.25) is 0 Å². The zero-order chi connectivity index (χ0) is 13.2. The summed E-state index contributed by atoms with van der Waals surface area (Å²) in [6, 6.07) is 5.24. The summed E-state index contributed by atoms with van der Waals surface area (Å²) in [6.07, 6.45) is 2.50. The Kier molecular flexibility index (Phi) is 3.99. The van der Waals surface area contributed by atoms with E-state index in [0.717, 1.165) is 25.3 Å². The fourth-order valence-electron chi connectivity index (χ4n) is 2.31. The van der Waals surface area contributed by atoms with Gasteiger partial charge in [0.05, 0.1) is 0 Å². The van der Waals surface area contributed by atoms with Crippen LogP contribution in [-0.2, 0) is 10.0 Å². The van der Waals surface area contributed by atoms with Crippen LogP contribution in [0.25, 0.3) is 0 Å². The smallest absolute Gasteiger partial charge is 0.246 e. The third kappa shape index (κ3) is 2.41. The normalized spacial score (nSPS) is 22.0. The number of nitrogens with zero attached hydrogens (tertiary/aromatic N) is 1. The Balaban J connectivity index is 2.39. The van der Waals surface area contributed by atoms with E-state index in [4.69, 9.17) is 5.73 Å². The average Bonchev–Trinajstić information content (AvgIpc) is 2.39. The SMILES string of the molecule is NCC1CCCCN1S(=O)(=O)c1ccccc1F. The summed E-state index contributed by atoms with van der Waals surface area (Å²) in [6.45, 7) is 0.687. The summed E-state index contributed by atoms with van der Waals surface area (Å²) in [5.74, 6) is -0.709. The van der Waals surface area contributed by atoms with Crippen LogP contribution in [0.2, 0.25) is 0 Å². The predicted molar refractivity (Wildman–Crippen MR) is 67.0 cm³/mol. The summed E-state index contributed by atoms with van der Waals surface area (Å²) in [4.78, 5) is -0.259. The van der Waals surface area contributed by atoms with Gasteiger partial charge in [0.2, 0.25) is 10.0 Å². The molecular formula is C12H17FN2O2S. The summed E-state index contributed by atoms with van der Waals surface area (Å²) >= 11 is 0. The van der Waals surface area contributed by atoms with Gasteiger partial charge in [-0.1, -0.05) is 18.6 Å².